The molecule has 7 nitrogen and oxygen atoms in total. The average Bonchev–Trinajstić information content (AvgIpc) is 2.34. The van der Waals surface area contributed by atoms with Gasteiger partial charge in [0.1, 0.15) is 11.1 Å². The molecule has 1 aliphatic heterocycles. The third-order valence-electron chi connectivity index (χ3n) is 3.10. The molecule has 2 heterocycles. The van der Waals surface area contributed by atoms with Gasteiger partial charge in [0.2, 0.25) is 5.91 Å². The molecule has 0 radical (unpaired) electrons. The minimum Gasteiger partial charge on any atom is -0.478 e. The second-order valence-electron chi connectivity index (χ2n) is 4.72. The number of carbonyl (C=O) groups excluding carboxylic acids is 2. The highest BCUT2D eigenvalue weighted by Crippen LogP contribution is 2.28. The van der Waals surface area contributed by atoms with Crippen LogP contribution in [0.3, 0.4) is 0 Å². The molecule has 0 atom stereocenters. The molecule has 1 aliphatic rings. The summed E-state index contributed by atoms with van der Waals surface area (Å²) in [6.07, 6.45) is 2.62. The molecule has 19 heavy (non-hydrogen) atoms. The van der Waals surface area contributed by atoms with Gasteiger partial charge in [0.15, 0.2) is 0 Å². The Bertz CT molecular complexity index is 568. The monoisotopic (exact) mass is 263 g/mol. The van der Waals surface area contributed by atoms with Crippen LogP contribution in [0.4, 0.5) is 5.69 Å². The number of aromatic nitrogens is 1. The lowest BCUT2D eigenvalue weighted by Crippen LogP contribution is -2.64. The van der Waals surface area contributed by atoms with Crippen molar-refractivity contribution in [2.75, 3.05) is 11.4 Å². The van der Waals surface area contributed by atoms with Gasteiger partial charge >= 0.3 is 5.97 Å². The van der Waals surface area contributed by atoms with Gasteiger partial charge in [-0.3, -0.25) is 19.9 Å². The number of nitrogens with zero attached hydrogens (tertiary/aromatic N) is 2. The van der Waals surface area contributed by atoms with E-state index in [1.54, 1.807) is 13.8 Å². The van der Waals surface area contributed by atoms with Gasteiger partial charge < -0.3 is 10.0 Å². The number of carbonyl (C=O) groups is 3. The molecule has 2 N–H and O–H groups in total. The van der Waals surface area contributed by atoms with Crippen molar-refractivity contribution in [2.24, 2.45) is 0 Å². The topological polar surface area (TPSA) is 99.6 Å². The van der Waals surface area contributed by atoms with E-state index in [4.69, 9.17) is 5.11 Å². The number of hydrogen-bond acceptors (Lipinski definition) is 5. The molecule has 100 valence electrons. The molecule has 1 aromatic rings. The van der Waals surface area contributed by atoms with Gasteiger partial charge in [-0.05, 0) is 19.9 Å². The zero-order chi connectivity index (χ0) is 14.2. The Morgan fingerprint density at radius 2 is 2.16 bits per heavy atom. The number of amides is 2. The first-order valence-corrected chi connectivity index (χ1v) is 5.63. The molecule has 1 fully saturated rings. The number of rotatable bonds is 2. The van der Waals surface area contributed by atoms with Crippen LogP contribution in [-0.4, -0.2) is 40.0 Å². The molecular weight excluding hydrogens is 250 g/mol. The number of aromatic carboxylic acids is 1. The first-order valence-electron chi connectivity index (χ1n) is 5.63. The SMILES string of the molecule is CC1(C)C(=O)NC(=O)CN1c1ccncc1C(=O)O. The zero-order valence-electron chi connectivity index (χ0n) is 10.5. The van der Waals surface area contributed by atoms with Crippen LogP contribution in [0.1, 0.15) is 24.2 Å². The standard InChI is InChI=1S/C12H13N3O4/c1-12(2)11(19)14-9(16)6-15(12)8-3-4-13-5-7(8)10(17)18/h3-5H,6H2,1-2H3,(H,17,18)(H,14,16,19). The van der Waals surface area contributed by atoms with E-state index < -0.39 is 23.3 Å². The van der Waals surface area contributed by atoms with E-state index in [1.807, 2.05) is 0 Å². The summed E-state index contributed by atoms with van der Waals surface area (Å²) in [5, 5.41) is 11.4. The van der Waals surface area contributed by atoms with Crippen molar-refractivity contribution in [2.45, 2.75) is 19.4 Å². The first-order chi connectivity index (χ1) is 8.84. The first kappa shape index (κ1) is 13.0. The number of hydrogen-bond donors (Lipinski definition) is 2. The maximum Gasteiger partial charge on any atom is 0.339 e. The second-order valence-corrected chi connectivity index (χ2v) is 4.72. The Labute approximate surface area is 109 Å². The van der Waals surface area contributed by atoms with E-state index in [0.717, 1.165) is 0 Å². The Morgan fingerprint density at radius 1 is 1.47 bits per heavy atom. The van der Waals surface area contributed by atoms with E-state index in [-0.39, 0.29) is 12.1 Å². The van der Waals surface area contributed by atoms with E-state index in [1.165, 1.54) is 23.4 Å². The van der Waals surface area contributed by atoms with E-state index >= 15 is 0 Å². The highest BCUT2D eigenvalue weighted by Gasteiger charge is 2.42. The molecule has 1 aromatic heterocycles. The fourth-order valence-corrected chi connectivity index (χ4v) is 1.96. The third-order valence-corrected chi connectivity index (χ3v) is 3.10. The molecule has 1 saturated heterocycles. The van der Waals surface area contributed by atoms with Crippen molar-refractivity contribution in [1.82, 2.24) is 10.3 Å². The van der Waals surface area contributed by atoms with Crippen LogP contribution in [0, 0.1) is 0 Å². The smallest absolute Gasteiger partial charge is 0.339 e. The Kier molecular flexibility index (Phi) is 2.97. The third kappa shape index (κ3) is 2.14. The van der Waals surface area contributed by atoms with Crippen LogP contribution in [0.25, 0.3) is 0 Å². The zero-order valence-corrected chi connectivity index (χ0v) is 10.5. The normalized spacial score (nSPS) is 18.1. The lowest BCUT2D eigenvalue weighted by Gasteiger charge is -2.42. The quantitative estimate of drug-likeness (QED) is 0.730. The van der Waals surface area contributed by atoms with Crippen molar-refractivity contribution in [1.29, 1.82) is 0 Å². The average molecular weight is 263 g/mol. The second kappa shape index (κ2) is 4.34. The number of anilines is 1. The number of imide groups is 1. The van der Waals surface area contributed by atoms with Crippen molar-refractivity contribution in [3.8, 4) is 0 Å². The lowest BCUT2D eigenvalue weighted by molar-refractivity contribution is -0.135. The Morgan fingerprint density at radius 3 is 2.79 bits per heavy atom. The van der Waals surface area contributed by atoms with Gasteiger partial charge in [0.05, 0.1) is 12.2 Å². The molecule has 0 aromatic carbocycles. The Balaban J connectivity index is 2.53. The van der Waals surface area contributed by atoms with Crippen molar-refractivity contribution in [3.63, 3.8) is 0 Å². The summed E-state index contributed by atoms with van der Waals surface area (Å²) in [5.41, 5.74) is -0.756. The highest BCUT2D eigenvalue weighted by molar-refractivity contribution is 6.08. The Hall–Kier alpha value is -2.44. The van der Waals surface area contributed by atoms with E-state index in [2.05, 4.69) is 10.3 Å². The van der Waals surface area contributed by atoms with E-state index in [0.29, 0.717) is 5.69 Å². The molecule has 2 rings (SSSR count). The number of piperazine rings is 1. The predicted octanol–water partition coefficient (Wildman–Crippen LogP) is 0.0212. The van der Waals surface area contributed by atoms with Crippen LogP contribution < -0.4 is 10.2 Å². The van der Waals surface area contributed by atoms with Gasteiger partial charge in [0, 0.05) is 12.4 Å². The lowest BCUT2D eigenvalue weighted by atomic mass is 9.97. The van der Waals surface area contributed by atoms with E-state index in [9.17, 15) is 14.4 Å². The minimum absolute atomic E-state index is 0.0434. The highest BCUT2D eigenvalue weighted by atomic mass is 16.4. The van der Waals surface area contributed by atoms with Crippen LogP contribution in [0.2, 0.25) is 0 Å². The van der Waals surface area contributed by atoms with Gasteiger partial charge in [-0.2, -0.15) is 0 Å². The summed E-state index contributed by atoms with van der Waals surface area (Å²) in [4.78, 5) is 39.8. The molecule has 2 amide bonds. The molecule has 7 heteroatoms. The van der Waals surface area contributed by atoms with Crippen LogP contribution >= 0.6 is 0 Å². The number of nitrogens with one attached hydrogen (secondary N) is 1. The molecule has 0 bridgehead atoms. The van der Waals surface area contributed by atoms with Gasteiger partial charge in [-0.15, -0.1) is 0 Å². The molecule has 0 spiro atoms. The van der Waals surface area contributed by atoms with Crippen LogP contribution in [-0.2, 0) is 9.59 Å². The largest absolute Gasteiger partial charge is 0.478 e. The van der Waals surface area contributed by atoms with Crippen molar-refractivity contribution < 1.29 is 19.5 Å². The fraction of sp³-hybridized carbons (Fsp3) is 0.333. The fourth-order valence-electron chi connectivity index (χ4n) is 1.96. The summed E-state index contributed by atoms with van der Waals surface area (Å²) in [5.74, 6) is -2.08. The van der Waals surface area contributed by atoms with Crippen molar-refractivity contribution in [3.05, 3.63) is 24.0 Å². The number of carboxylic acid groups (broad SMARTS) is 1. The molecular formula is C12H13N3O4. The van der Waals surface area contributed by atoms with Gasteiger partial charge in [0.25, 0.3) is 5.91 Å². The number of carboxylic acids is 1. The minimum atomic E-state index is -1.16. The maximum atomic E-state index is 11.9. The van der Waals surface area contributed by atoms with Crippen LogP contribution in [0.15, 0.2) is 18.5 Å². The van der Waals surface area contributed by atoms with Crippen LogP contribution in [0.5, 0.6) is 0 Å². The van der Waals surface area contributed by atoms with Crippen molar-refractivity contribution >= 4 is 23.5 Å². The van der Waals surface area contributed by atoms with Gasteiger partial charge in [-0.1, -0.05) is 0 Å². The summed E-state index contributed by atoms with van der Waals surface area (Å²) >= 11 is 0. The summed E-state index contributed by atoms with van der Waals surface area (Å²) in [6, 6.07) is 1.48. The number of pyridine rings is 1. The molecule has 0 unspecified atom stereocenters. The molecule has 0 saturated carbocycles. The maximum absolute atomic E-state index is 11.9. The summed E-state index contributed by atoms with van der Waals surface area (Å²) < 4.78 is 0. The summed E-state index contributed by atoms with van der Waals surface area (Å²) in [7, 11) is 0. The molecule has 0 aliphatic carbocycles. The predicted molar refractivity (Wildman–Crippen MR) is 65.8 cm³/mol. The van der Waals surface area contributed by atoms with Gasteiger partial charge in [-0.25, -0.2) is 4.79 Å². The summed E-state index contributed by atoms with van der Waals surface area (Å²) in [6.45, 7) is 3.17.